The molecule has 2 N–H and O–H groups in total. The third-order valence-corrected chi connectivity index (χ3v) is 7.17. The van der Waals surface area contributed by atoms with Crippen molar-refractivity contribution in [1.82, 2.24) is 35.2 Å². The van der Waals surface area contributed by atoms with Crippen molar-refractivity contribution in [1.29, 1.82) is 0 Å². The quantitative estimate of drug-likeness (QED) is 0.303. The van der Waals surface area contributed by atoms with E-state index in [-0.39, 0.29) is 18.2 Å². The first-order chi connectivity index (χ1) is 17.5. The van der Waals surface area contributed by atoms with E-state index in [1.54, 1.807) is 29.2 Å². The molecule has 6 rings (SSSR count). The number of fused-ring (bicyclic) bond motifs is 1. The molecule has 10 nitrogen and oxygen atoms in total. The van der Waals surface area contributed by atoms with Crippen molar-refractivity contribution < 1.29 is 4.74 Å². The van der Waals surface area contributed by atoms with Crippen LogP contribution >= 0.6 is 22.9 Å². The molecule has 5 aromatic rings. The summed E-state index contributed by atoms with van der Waals surface area (Å²) in [5.41, 5.74) is 1.79. The monoisotopic (exact) mass is 520 g/mol. The molecule has 1 aromatic carbocycles. The second kappa shape index (κ2) is 9.32. The van der Waals surface area contributed by atoms with Crippen molar-refractivity contribution in [3.63, 3.8) is 0 Å². The van der Waals surface area contributed by atoms with E-state index in [9.17, 15) is 4.79 Å². The van der Waals surface area contributed by atoms with Gasteiger partial charge in [-0.15, -0.1) is 5.10 Å². The smallest absolute Gasteiger partial charge is 0.253 e. The summed E-state index contributed by atoms with van der Waals surface area (Å²) in [5, 5.41) is 18.1. The molecule has 0 unspecified atom stereocenters. The van der Waals surface area contributed by atoms with Gasteiger partial charge in [0.15, 0.2) is 11.0 Å². The van der Waals surface area contributed by atoms with Crippen molar-refractivity contribution in [3.05, 3.63) is 81.3 Å². The lowest BCUT2D eigenvalue weighted by molar-refractivity contribution is 0.302. The number of tetrazole rings is 1. The maximum Gasteiger partial charge on any atom is 0.253 e. The average Bonchev–Trinajstić information content (AvgIpc) is 3.42. The number of halogens is 1. The molecular weight excluding hydrogens is 500 g/mol. The van der Waals surface area contributed by atoms with Gasteiger partial charge in [0.2, 0.25) is 0 Å². The number of anilines is 1. The summed E-state index contributed by atoms with van der Waals surface area (Å²) in [6.07, 6.45) is 5.65. The van der Waals surface area contributed by atoms with E-state index < -0.39 is 0 Å². The second-order valence-electron chi connectivity index (χ2n) is 8.63. The van der Waals surface area contributed by atoms with Crippen LogP contribution in [-0.2, 0) is 6.61 Å². The summed E-state index contributed by atoms with van der Waals surface area (Å²) >= 11 is 7.92. The van der Waals surface area contributed by atoms with Crippen LogP contribution in [0, 0.1) is 0 Å². The Bertz CT molecular complexity index is 1600. The molecule has 182 valence electrons. The van der Waals surface area contributed by atoms with E-state index in [1.807, 2.05) is 31.2 Å². The van der Waals surface area contributed by atoms with E-state index in [4.69, 9.17) is 16.3 Å². The van der Waals surface area contributed by atoms with Gasteiger partial charge in [-0.25, -0.2) is 4.98 Å². The molecule has 1 aliphatic rings. The molecule has 1 fully saturated rings. The van der Waals surface area contributed by atoms with Gasteiger partial charge in [-0.05, 0) is 54.5 Å². The SMILES string of the molecule is C[C@H](Nc1ncc(-n2nnnc2C2CC2)s1)c1cc2cc(Cl)c(OCc3ccccn3)cc2[nH]c1=O. The van der Waals surface area contributed by atoms with Crippen molar-refractivity contribution in [2.24, 2.45) is 0 Å². The van der Waals surface area contributed by atoms with Crippen molar-refractivity contribution in [3.8, 4) is 10.8 Å². The van der Waals surface area contributed by atoms with E-state index in [1.165, 1.54) is 11.3 Å². The van der Waals surface area contributed by atoms with Crippen molar-refractivity contribution in [2.45, 2.75) is 38.3 Å². The van der Waals surface area contributed by atoms with Gasteiger partial charge >= 0.3 is 0 Å². The molecule has 0 bridgehead atoms. The zero-order valence-corrected chi connectivity index (χ0v) is 20.8. The Labute approximate surface area is 214 Å². The summed E-state index contributed by atoms with van der Waals surface area (Å²) in [6, 6.07) is 10.7. The zero-order valence-electron chi connectivity index (χ0n) is 19.2. The minimum atomic E-state index is -0.298. The molecule has 0 spiro atoms. The van der Waals surface area contributed by atoms with Crippen LogP contribution in [0.25, 0.3) is 15.9 Å². The highest BCUT2D eigenvalue weighted by molar-refractivity contribution is 7.17. The first-order valence-electron chi connectivity index (χ1n) is 11.5. The lowest BCUT2D eigenvalue weighted by Crippen LogP contribution is -2.19. The fourth-order valence-corrected chi connectivity index (χ4v) is 5.02. The normalized spacial score (nSPS) is 14.2. The van der Waals surface area contributed by atoms with Gasteiger partial charge in [0.25, 0.3) is 5.56 Å². The minimum absolute atomic E-state index is 0.200. The van der Waals surface area contributed by atoms with Crippen LogP contribution in [0.4, 0.5) is 5.13 Å². The Morgan fingerprint density at radius 1 is 1.28 bits per heavy atom. The Morgan fingerprint density at radius 3 is 2.97 bits per heavy atom. The highest BCUT2D eigenvalue weighted by atomic mass is 35.5. The maximum atomic E-state index is 12.9. The standard InChI is InChI=1S/C24H21ClN8O2S/c1-13(28-24-27-11-21(36-24)33-22(14-5-6-14)30-31-32-33)17-8-15-9-18(25)20(10-19(15)29-23(17)34)35-12-16-4-2-3-7-26-16/h2-4,7-11,13-14H,5-6,12H2,1H3,(H,27,28)(H,29,34)/t13-/m0/s1. The first kappa shape index (κ1) is 22.6. The summed E-state index contributed by atoms with van der Waals surface area (Å²) in [7, 11) is 0. The van der Waals surface area contributed by atoms with Crippen LogP contribution in [0.15, 0.2) is 53.6 Å². The molecule has 1 saturated carbocycles. The number of hydrogen-bond donors (Lipinski definition) is 2. The van der Waals surface area contributed by atoms with Crippen molar-refractivity contribution in [2.75, 3.05) is 5.32 Å². The number of pyridine rings is 2. The van der Waals surface area contributed by atoms with E-state index >= 15 is 0 Å². The number of aromatic amines is 1. The Kier molecular flexibility index (Phi) is 5.86. The van der Waals surface area contributed by atoms with Crippen LogP contribution in [0.3, 0.4) is 0 Å². The molecule has 0 aliphatic heterocycles. The van der Waals surface area contributed by atoms with Gasteiger partial charge in [-0.3, -0.25) is 9.78 Å². The molecule has 36 heavy (non-hydrogen) atoms. The van der Waals surface area contributed by atoms with Gasteiger partial charge in [0, 0.05) is 29.1 Å². The molecule has 0 amide bonds. The van der Waals surface area contributed by atoms with Gasteiger partial charge in [0.1, 0.15) is 17.4 Å². The molecule has 4 aromatic heterocycles. The number of benzene rings is 1. The Balaban J connectivity index is 1.21. The topological polar surface area (TPSA) is 124 Å². The molecule has 4 heterocycles. The van der Waals surface area contributed by atoms with Crippen molar-refractivity contribution >= 4 is 39.0 Å². The largest absolute Gasteiger partial charge is 0.486 e. The van der Waals surface area contributed by atoms with E-state index in [0.29, 0.717) is 32.9 Å². The predicted octanol–water partition coefficient (Wildman–Crippen LogP) is 4.64. The van der Waals surface area contributed by atoms with E-state index in [2.05, 4.69) is 35.8 Å². The third-order valence-electron chi connectivity index (χ3n) is 5.97. The molecule has 0 saturated heterocycles. The summed E-state index contributed by atoms with van der Waals surface area (Å²) in [4.78, 5) is 24.6. The molecule has 1 atom stereocenters. The molecule has 12 heteroatoms. The number of H-pyrrole nitrogens is 1. The lowest BCUT2D eigenvalue weighted by Gasteiger charge is -2.14. The predicted molar refractivity (Wildman–Crippen MR) is 137 cm³/mol. The number of nitrogens with zero attached hydrogens (tertiary/aromatic N) is 6. The Morgan fingerprint density at radius 2 is 2.17 bits per heavy atom. The summed E-state index contributed by atoms with van der Waals surface area (Å²) in [6.45, 7) is 2.19. The minimum Gasteiger partial charge on any atom is -0.486 e. The summed E-state index contributed by atoms with van der Waals surface area (Å²) in [5.74, 6) is 1.76. The third kappa shape index (κ3) is 4.54. The van der Waals surface area contributed by atoms with Crippen LogP contribution in [0.2, 0.25) is 5.02 Å². The first-order valence-corrected chi connectivity index (χ1v) is 12.6. The number of nitrogens with one attached hydrogen (secondary N) is 2. The Hall–Kier alpha value is -3.83. The number of aromatic nitrogens is 7. The van der Waals surface area contributed by atoms with Gasteiger partial charge in [-0.1, -0.05) is 29.0 Å². The fraction of sp³-hybridized carbons (Fsp3) is 0.250. The van der Waals surface area contributed by atoms with Gasteiger partial charge in [-0.2, -0.15) is 4.68 Å². The van der Waals surface area contributed by atoms with Gasteiger partial charge in [0.05, 0.1) is 28.5 Å². The fourth-order valence-electron chi connectivity index (χ4n) is 3.93. The maximum absolute atomic E-state index is 12.9. The number of hydrogen-bond acceptors (Lipinski definition) is 9. The molecular formula is C24H21ClN8O2S. The number of rotatable bonds is 8. The highest BCUT2D eigenvalue weighted by Gasteiger charge is 2.30. The van der Waals surface area contributed by atoms with E-state index in [0.717, 1.165) is 34.7 Å². The summed E-state index contributed by atoms with van der Waals surface area (Å²) < 4.78 is 7.58. The van der Waals surface area contributed by atoms with Crippen LogP contribution in [0.5, 0.6) is 5.75 Å². The van der Waals surface area contributed by atoms with Crippen LogP contribution < -0.4 is 15.6 Å². The van der Waals surface area contributed by atoms with Crippen LogP contribution in [-0.4, -0.2) is 35.2 Å². The molecule has 1 aliphatic carbocycles. The van der Waals surface area contributed by atoms with Crippen LogP contribution in [0.1, 0.15) is 48.8 Å². The zero-order chi connectivity index (χ0) is 24.6. The number of thiazole rings is 1. The second-order valence-corrected chi connectivity index (χ2v) is 10.0. The average molecular weight is 521 g/mol. The molecule has 0 radical (unpaired) electrons. The van der Waals surface area contributed by atoms with Gasteiger partial charge < -0.3 is 15.0 Å². The lowest BCUT2D eigenvalue weighted by atomic mass is 10.1. The highest BCUT2D eigenvalue weighted by Crippen LogP contribution is 2.40. The number of ether oxygens (including phenoxy) is 1.